The zero-order chi connectivity index (χ0) is 28.2. The van der Waals surface area contributed by atoms with Gasteiger partial charge in [0.05, 0.1) is 0 Å². The van der Waals surface area contributed by atoms with Crippen LogP contribution in [0.3, 0.4) is 0 Å². The van der Waals surface area contributed by atoms with E-state index < -0.39 is 6.10 Å². The van der Waals surface area contributed by atoms with E-state index in [1.54, 1.807) is 42.5 Å². The van der Waals surface area contributed by atoms with Crippen molar-refractivity contribution in [3.05, 3.63) is 94.0 Å². The predicted molar refractivity (Wildman–Crippen MR) is 147 cm³/mol. The van der Waals surface area contributed by atoms with Gasteiger partial charge in [0.15, 0.2) is 46.0 Å². The van der Waals surface area contributed by atoms with Crippen LogP contribution in [0.4, 0.5) is 0 Å². The number of halogens is 1. The third-order valence-electron chi connectivity index (χ3n) is 6.29. The number of fused-ring (bicyclic) bond motifs is 4. The van der Waals surface area contributed by atoms with Crippen LogP contribution in [0.5, 0.6) is 46.0 Å². The molecular formula is C30H23BrO10. The van der Waals surface area contributed by atoms with Gasteiger partial charge in [-0.3, -0.25) is 4.79 Å². The lowest BCUT2D eigenvalue weighted by atomic mass is 10.0. The van der Waals surface area contributed by atoms with E-state index in [1.807, 2.05) is 30.3 Å². The molecule has 0 radical (unpaired) electrons. The van der Waals surface area contributed by atoms with Gasteiger partial charge in [0.2, 0.25) is 27.2 Å². The number of aliphatic hydroxyl groups excluding tert-OH is 1. The van der Waals surface area contributed by atoms with Crippen LogP contribution < -0.4 is 37.9 Å². The van der Waals surface area contributed by atoms with E-state index >= 15 is 0 Å². The van der Waals surface area contributed by atoms with Crippen LogP contribution in [0.25, 0.3) is 0 Å². The molecule has 0 amide bonds. The van der Waals surface area contributed by atoms with Crippen LogP contribution in [-0.4, -0.2) is 38.6 Å². The highest BCUT2D eigenvalue weighted by atomic mass is 79.9. The summed E-state index contributed by atoms with van der Waals surface area (Å²) >= 11 is 3.33. The highest BCUT2D eigenvalue weighted by Gasteiger charge is 2.20. The Morgan fingerprint density at radius 3 is 1.41 bits per heavy atom. The fourth-order valence-corrected chi connectivity index (χ4v) is 4.56. The maximum atomic E-state index is 10.5. The van der Waals surface area contributed by atoms with Gasteiger partial charge in [-0.2, -0.15) is 0 Å². The van der Waals surface area contributed by atoms with Crippen LogP contribution in [-0.2, 0) is 0 Å². The fourth-order valence-electron chi connectivity index (χ4n) is 4.22. The van der Waals surface area contributed by atoms with E-state index in [2.05, 4.69) is 15.9 Å². The van der Waals surface area contributed by atoms with E-state index in [1.165, 1.54) is 0 Å². The molecule has 8 rings (SSSR count). The molecule has 0 saturated heterocycles. The quantitative estimate of drug-likeness (QED) is 0.288. The van der Waals surface area contributed by atoms with Crippen LogP contribution in [0.2, 0.25) is 0 Å². The molecule has 4 aliphatic heterocycles. The molecule has 0 unspecified atom stereocenters. The van der Waals surface area contributed by atoms with Gasteiger partial charge >= 0.3 is 0 Å². The molecular weight excluding hydrogens is 600 g/mol. The van der Waals surface area contributed by atoms with Crippen molar-refractivity contribution < 1.29 is 47.8 Å². The summed E-state index contributed by atoms with van der Waals surface area (Å²) in [6.07, 6.45) is 0.0288. The monoisotopic (exact) mass is 622 g/mol. The third-order valence-corrected chi connectivity index (χ3v) is 6.79. The number of hydrogen-bond donors (Lipinski definition) is 1. The molecule has 4 aromatic carbocycles. The minimum absolute atomic E-state index is 0.221. The summed E-state index contributed by atoms with van der Waals surface area (Å²) in [4.78, 5) is 10.3. The Hall–Kier alpha value is -4.61. The molecule has 210 valence electrons. The Balaban J connectivity index is 0.000000122. The molecule has 0 aliphatic carbocycles. The van der Waals surface area contributed by atoms with E-state index in [-0.39, 0.29) is 20.4 Å². The third kappa shape index (κ3) is 5.96. The molecule has 0 saturated carbocycles. The van der Waals surface area contributed by atoms with Gasteiger partial charge in [-0.05, 0) is 71.8 Å². The van der Waals surface area contributed by atoms with Crippen molar-refractivity contribution in [2.75, 3.05) is 27.2 Å². The zero-order valence-corrected chi connectivity index (χ0v) is 23.0. The number of hydrogen-bond acceptors (Lipinski definition) is 10. The Morgan fingerprint density at radius 2 is 0.927 bits per heavy atom. The van der Waals surface area contributed by atoms with E-state index in [4.69, 9.17) is 37.9 Å². The Morgan fingerprint density at radius 1 is 0.537 bits per heavy atom. The highest BCUT2D eigenvalue weighted by Crippen LogP contribution is 2.39. The largest absolute Gasteiger partial charge is 0.454 e. The summed E-state index contributed by atoms with van der Waals surface area (Å²) < 4.78 is 42.5. The van der Waals surface area contributed by atoms with Gasteiger partial charge in [-0.1, -0.05) is 28.1 Å². The van der Waals surface area contributed by atoms with Crippen LogP contribution >= 0.6 is 15.9 Å². The number of ether oxygens (including phenoxy) is 8. The number of carbonyl (C=O) groups excluding carboxylic acids is 1. The van der Waals surface area contributed by atoms with Crippen molar-refractivity contribution in [3.63, 3.8) is 0 Å². The van der Waals surface area contributed by atoms with E-state index in [9.17, 15) is 9.90 Å². The molecule has 0 bridgehead atoms. The molecule has 11 heteroatoms. The predicted octanol–water partition coefficient (Wildman–Crippen LogP) is 5.63. The summed E-state index contributed by atoms with van der Waals surface area (Å²) in [6, 6.07) is 21.6. The summed E-state index contributed by atoms with van der Waals surface area (Å²) in [5.41, 5.74) is 2.09. The summed E-state index contributed by atoms with van der Waals surface area (Å²) in [5, 5.41) is 10.5. The molecule has 0 fully saturated rings. The first-order chi connectivity index (χ1) is 20.1. The van der Waals surface area contributed by atoms with E-state index in [0.717, 1.165) is 33.4 Å². The lowest BCUT2D eigenvalue weighted by molar-refractivity contribution is 0.112. The standard InChI is InChI=1S/C15H12O5.C8H6O3.C7H5BrO2/c16-15(9-1-3-11-13(5-9)19-7-17-11)10-2-4-12-14(6-10)20-8-18-12;9-4-6-1-2-7-8(3-6)11-5-10-7;8-5-1-2-6-7(3-5)10-4-9-6/h1-6,15-16H,7-8H2;1-4H,5H2;1-3H,4H2. The molecule has 10 nitrogen and oxygen atoms in total. The van der Waals surface area contributed by atoms with Gasteiger partial charge < -0.3 is 43.0 Å². The average Bonchev–Trinajstić information content (AvgIpc) is 3.82. The van der Waals surface area contributed by atoms with Crippen molar-refractivity contribution in [2.24, 2.45) is 0 Å². The molecule has 0 atom stereocenters. The summed E-state index contributed by atoms with van der Waals surface area (Å²) in [7, 11) is 0. The number of aldehydes is 1. The molecule has 4 aromatic rings. The molecule has 41 heavy (non-hydrogen) atoms. The molecule has 4 aliphatic rings. The fraction of sp³-hybridized carbons (Fsp3) is 0.167. The Bertz CT molecular complexity index is 1520. The van der Waals surface area contributed by atoms with Crippen molar-refractivity contribution in [1.29, 1.82) is 0 Å². The lowest BCUT2D eigenvalue weighted by Crippen LogP contribution is -1.99. The first-order valence-electron chi connectivity index (χ1n) is 12.4. The maximum absolute atomic E-state index is 10.5. The maximum Gasteiger partial charge on any atom is 0.231 e. The second kappa shape index (κ2) is 11.9. The average molecular weight is 623 g/mol. The van der Waals surface area contributed by atoms with Crippen molar-refractivity contribution in [3.8, 4) is 46.0 Å². The number of carbonyl (C=O) groups is 1. The first kappa shape index (κ1) is 26.6. The minimum atomic E-state index is -0.751. The number of benzene rings is 4. The first-order valence-corrected chi connectivity index (χ1v) is 13.2. The number of rotatable bonds is 3. The minimum Gasteiger partial charge on any atom is -0.454 e. The SMILES string of the molecule is Brc1ccc2c(c1)OCO2.O=Cc1ccc2c(c1)OCO2.OC(c1ccc2c(c1)OCO2)c1ccc2c(c1)OCO2. The molecule has 0 spiro atoms. The smallest absolute Gasteiger partial charge is 0.231 e. The van der Waals surface area contributed by atoms with Crippen molar-refractivity contribution in [1.82, 2.24) is 0 Å². The van der Waals surface area contributed by atoms with Gasteiger partial charge in [0.1, 0.15) is 12.4 Å². The van der Waals surface area contributed by atoms with Gasteiger partial charge in [-0.15, -0.1) is 0 Å². The summed E-state index contributed by atoms with van der Waals surface area (Å²) in [6.45, 7) is 1.03. The van der Waals surface area contributed by atoms with Crippen LogP contribution in [0.1, 0.15) is 27.6 Å². The van der Waals surface area contributed by atoms with Crippen molar-refractivity contribution in [2.45, 2.75) is 6.10 Å². The number of aliphatic hydroxyl groups is 1. The Kier molecular flexibility index (Phi) is 7.70. The van der Waals surface area contributed by atoms with Crippen molar-refractivity contribution >= 4 is 22.2 Å². The summed E-state index contributed by atoms with van der Waals surface area (Å²) in [5.74, 6) is 5.70. The molecule has 0 aromatic heterocycles. The molecule has 1 N–H and O–H groups in total. The van der Waals surface area contributed by atoms with Gasteiger partial charge in [0, 0.05) is 10.0 Å². The van der Waals surface area contributed by atoms with Gasteiger partial charge in [-0.25, -0.2) is 0 Å². The Labute approximate surface area is 243 Å². The second-order valence-corrected chi connectivity index (χ2v) is 9.77. The molecule has 4 heterocycles. The highest BCUT2D eigenvalue weighted by molar-refractivity contribution is 9.10. The van der Waals surface area contributed by atoms with Gasteiger partial charge in [0.25, 0.3) is 0 Å². The van der Waals surface area contributed by atoms with E-state index in [0.29, 0.717) is 46.9 Å². The van der Waals surface area contributed by atoms with Crippen LogP contribution in [0.15, 0.2) is 77.3 Å². The zero-order valence-electron chi connectivity index (χ0n) is 21.4. The van der Waals surface area contributed by atoms with Crippen LogP contribution in [0, 0.1) is 0 Å². The normalized spacial score (nSPS) is 14.1. The lowest BCUT2D eigenvalue weighted by Gasteiger charge is -2.12. The second-order valence-electron chi connectivity index (χ2n) is 8.86. The topological polar surface area (TPSA) is 111 Å².